The summed E-state index contributed by atoms with van der Waals surface area (Å²) in [4.78, 5) is 0. The summed E-state index contributed by atoms with van der Waals surface area (Å²) in [6.45, 7) is 0. The third kappa shape index (κ3) is 2.18. The van der Waals surface area contributed by atoms with Crippen LogP contribution >= 0.6 is 0 Å². The normalized spacial score (nSPS) is 12.8. The minimum Gasteiger partial charge on any atom is -0.271 e. The number of aromatic nitrogens is 2. The van der Waals surface area contributed by atoms with Gasteiger partial charge in [0.25, 0.3) is 0 Å². The van der Waals surface area contributed by atoms with Gasteiger partial charge in [0.2, 0.25) is 0 Å². The van der Waals surface area contributed by atoms with E-state index in [9.17, 15) is 8.78 Å². The number of halogens is 2. The van der Waals surface area contributed by atoms with Crippen molar-refractivity contribution in [2.45, 2.75) is 6.04 Å². The maximum atomic E-state index is 14.0. The summed E-state index contributed by atoms with van der Waals surface area (Å²) in [6, 6.07) is 10.8. The summed E-state index contributed by atoms with van der Waals surface area (Å²) in [6.07, 6.45) is 0. The number of fused-ring (bicyclic) bond motifs is 1. The molecule has 4 nitrogen and oxygen atoms in total. The number of nitrogens with zero attached hydrogens (tertiary/aromatic N) is 2. The van der Waals surface area contributed by atoms with E-state index in [0.717, 1.165) is 17.0 Å². The number of nitrogens with two attached hydrogens (primary N) is 1. The van der Waals surface area contributed by atoms with Crippen LogP contribution in [0.4, 0.5) is 8.78 Å². The first-order chi connectivity index (χ1) is 10.1. The van der Waals surface area contributed by atoms with Gasteiger partial charge in [-0.05, 0) is 12.1 Å². The first-order valence-corrected chi connectivity index (χ1v) is 6.45. The van der Waals surface area contributed by atoms with E-state index < -0.39 is 17.7 Å². The first kappa shape index (κ1) is 13.7. The summed E-state index contributed by atoms with van der Waals surface area (Å²) in [5.41, 5.74) is 4.10. The molecular formula is C15H14F2N4. The average molecular weight is 288 g/mol. The number of benzene rings is 2. The van der Waals surface area contributed by atoms with Crippen LogP contribution in [0, 0.1) is 11.6 Å². The second kappa shape index (κ2) is 5.23. The number of aryl methyl sites for hydroxylation is 1. The molecule has 0 radical (unpaired) electrons. The molecule has 1 aromatic heterocycles. The molecule has 0 fully saturated rings. The third-order valence-electron chi connectivity index (χ3n) is 3.52. The fourth-order valence-corrected chi connectivity index (χ4v) is 2.51. The lowest BCUT2D eigenvalue weighted by Crippen LogP contribution is -2.30. The van der Waals surface area contributed by atoms with Crippen molar-refractivity contribution in [3.05, 3.63) is 65.4 Å². The Morgan fingerprint density at radius 1 is 1.14 bits per heavy atom. The first-order valence-electron chi connectivity index (χ1n) is 6.45. The largest absolute Gasteiger partial charge is 0.271 e. The van der Waals surface area contributed by atoms with E-state index in [-0.39, 0.29) is 5.56 Å². The summed E-state index contributed by atoms with van der Waals surface area (Å²) >= 11 is 0. The Labute approximate surface area is 120 Å². The molecule has 6 heteroatoms. The summed E-state index contributed by atoms with van der Waals surface area (Å²) in [5, 5.41) is 5.23. The maximum absolute atomic E-state index is 14.0. The topological polar surface area (TPSA) is 55.9 Å². The van der Waals surface area contributed by atoms with Crippen molar-refractivity contribution in [3.8, 4) is 0 Å². The summed E-state index contributed by atoms with van der Waals surface area (Å²) < 4.78 is 29.2. The SMILES string of the molecule is Cn1nc(C(NN)c2cccc(F)c2F)c2ccccc21. The lowest BCUT2D eigenvalue weighted by molar-refractivity contribution is 0.480. The Kier molecular flexibility index (Phi) is 3.40. The molecule has 0 saturated carbocycles. The molecule has 0 spiro atoms. The number of hydrazine groups is 1. The van der Waals surface area contributed by atoms with E-state index >= 15 is 0 Å². The molecule has 0 aliphatic heterocycles. The number of nitrogens with one attached hydrogen (secondary N) is 1. The van der Waals surface area contributed by atoms with Crippen LogP contribution in [-0.2, 0) is 7.05 Å². The molecule has 1 heterocycles. The predicted octanol–water partition coefficient (Wildman–Crippen LogP) is 2.40. The van der Waals surface area contributed by atoms with Gasteiger partial charge in [0, 0.05) is 18.0 Å². The fourth-order valence-electron chi connectivity index (χ4n) is 2.51. The van der Waals surface area contributed by atoms with E-state index in [1.54, 1.807) is 11.7 Å². The monoisotopic (exact) mass is 288 g/mol. The third-order valence-corrected chi connectivity index (χ3v) is 3.52. The molecule has 3 N–H and O–H groups in total. The van der Waals surface area contributed by atoms with E-state index in [1.807, 2.05) is 24.3 Å². The summed E-state index contributed by atoms with van der Waals surface area (Å²) in [5.74, 6) is 3.74. The average Bonchev–Trinajstić information content (AvgIpc) is 2.82. The maximum Gasteiger partial charge on any atom is 0.164 e. The highest BCUT2D eigenvalue weighted by molar-refractivity contribution is 5.82. The van der Waals surface area contributed by atoms with Crippen LogP contribution < -0.4 is 11.3 Å². The molecule has 21 heavy (non-hydrogen) atoms. The minimum absolute atomic E-state index is 0.126. The Balaban J connectivity index is 2.21. The number of rotatable bonds is 3. The Bertz CT molecular complexity index is 797. The van der Waals surface area contributed by atoms with E-state index in [2.05, 4.69) is 10.5 Å². The Morgan fingerprint density at radius 3 is 2.67 bits per heavy atom. The van der Waals surface area contributed by atoms with Crippen molar-refractivity contribution < 1.29 is 8.78 Å². The smallest absolute Gasteiger partial charge is 0.164 e. The molecule has 0 aliphatic carbocycles. The zero-order valence-corrected chi connectivity index (χ0v) is 11.3. The molecule has 0 bridgehead atoms. The minimum atomic E-state index is -0.921. The van der Waals surface area contributed by atoms with Crippen molar-refractivity contribution in [2.75, 3.05) is 0 Å². The van der Waals surface area contributed by atoms with Gasteiger partial charge in [-0.15, -0.1) is 0 Å². The molecule has 0 saturated heterocycles. The molecule has 108 valence electrons. The van der Waals surface area contributed by atoms with E-state index in [0.29, 0.717) is 5.69 Å². The van der Waals surface area contributed by atoms with Gasteiger partial charge >= 0.3 is 0 Å². The second-order valence-electron chi connectivity index (χ2n) is 4.77. The van der Waals surface area contributed by atoms with Gasteiger partial charge in [-0.1, -0.05) is 30.3 Å². The van der Waals surface area contributed by atoms with Crippen LogP contribution in [0.5, 0.6) is 0 Å². The van der Waals surface area contributed by atoms with Crippen LogP contribution in [-0.4, -0.2) is 9.78 Å². The van der Waals surface area contributed by atoms with E-state index in [4.69, 9.17) is 5.84 Å². The summed E-state index contributed by atoms with van der Waals surface area (Å²) in [7, 11) is 1.79. The van der Waals surface area contributed by atoms with Crippen LogP contribution in [0.25, 0.3) is 10.9 Å². The van der Waals surface area contributed by atoms with Crippen molar-refractivity contribution in [1.82, 2.24) is 15.2 Å². The fraction of sp³-hybridized carbons (Fsp3) is 0.133. The van der Waals surface area contributed by atoms with Gasteiger partial charge < -0.3 is 0 Å². The number of hydrogen-bond donors (Lipinski definition) is 2. The zero-order chi connectivity index (χ0) is 15.0. The molecule has 0 amide bonds. The van der Waals surface area contributed by atoms with Crippen LogP contribution in [0.1, 0.15) is 17.3 Å². The molecule has 2 aromatic carbocycles. The van der Waals surface area contributed by atoms with Crippen LogP contribution in [0.2, 0.25) is 0 Å². The van der Waals surface area contributed by atoms with Crippen molar-refractivity contribution in [2.24, 2.45) is 12.9 Å². The number of hydrogen-bond acceptors (Lipinski definition) is 3. The van der Waals surface area contributed by atoms with Crippen LogP contribution in [0.15, 0.2) is 42.5 Å². The van der Waals surface area contributed by atoms with Gasteiger partial charge in [-0.3, -0.25) is 10.5 Å². The highest BCUT2D eigenvalue weighted by Crippen LogP contribution is 2.29. The molecule has 0 aliphatic rings. The van der Waals surface area contributed by atoms with Crippen molar-refractivity contribution in [3.63, 3.8) is 0 Å². The molecule has 3 rings (SSSR count). The molecular weight excluding hydrogens is 274 g/mol. The van der Waals surface area contributed by atoms with Crippen LogP contribution in [0.3, 0.4) is 0 Å². The van der Waals surface area contributed by atoms with Gasteiger partial charge in [0.05, 0.1) is 17.3 Å². The highest BCUT2D eigenvalue weighted by atomic mass is 19.2. The van der Waals surface area contributed by atoms with Gasteiger partial charge in [-0.25, -0.2) is 14.2 Å². The van der Waals surface area contributed by atoms with Gasteiger partial charge in [0.1, 0.15) is 0 Å². The van der Waals surface area contributed by atoms with Crippen molar-refractivity contribution >= 4 is 10.9 Å². The Hall–Kier alpha value is -2.31. The molecule has 3 aromatic rings. The zero-order valence-electron chi connectivity index (χ0n) is 11.3. The van der Waals surface area contributed by atoms with Gasteiger partial charge in [-0.2, -0.15) is 5.10 Å². The molecule has 1 atom stereocenters. The predicted molar refractivity (Wildman–Crippen MR) is 76.2 cm³/mol. The second-order valence-corrected chi connectivity index (χ2v) is 4.77. The van der Waals surface area contributed by atoms with Gasteiger partial charge in [0.15, 0.2) is 11.6 Å². The molecule has 1 unspecified atom stereocenters. The van der Waals surface area contributed by atoms with Crippen molar-refractivity contribution in [1.29, 1.82) is 0 Å². The standard InChI is InChI=1S/C15H14F2N4/c1-21-12-8-3-2-5-9(12)15(20-21)14(19-18)10-6-4-7-11(16)13(10)17/h2-8,14,19H,18H2,1H3. The lowest BCUT2D eigenvalue weighted by atomic mass is 10.0. The number of para-hydroxylation sites is 1. The highest BCUT2D eigenvalue weighted by Gasteiger charge is 2.23. The lowest BCUT2D eigenvalue weighted by Gasteiger charge is -2.15. The Morgan fingerprint density at radius 2 is 1.90 bits per heavy atom. The van der Waals surface area contributed by atoms with E-state index in [1.165, 1.54) is 12.1 Å². The quantitative estimate of drug-likeness (QED) is 0.575.